The van der Waals surface area contributed by atoms with Crippen molar-refractivity contribution in [3.63, 3.8) is 0 Å². The molecule has 5 heteroatoms. The van der Waals surface area contributed by atoms with Crippen LogP contribution in [0.5, 0.6) is 11.5 Å². The minimum atomic E-state index is -0.279. The van der Waals surface area contributed by atoms with Crippen LogP contribution in [-0.4, -0.2) is 37.1 Å². The Bertz CT molecular complexity index is 1010. The van der Waals surface area contributed by atoms with Gasteiger partial charge in [0.25, 0.3) is 5.91 Å². The monoisotopic (exact) mass is 411 g/mol. The molecule has 0 bridgehead atoms. The molecule has 0 atom stereocenters. The van der Waals surface area contributed by atoms with Crippen LogP contribution in [0.15, 0.2) is 41.3 Å². The summed E-state index contributed by atoms with van der Waals surface area (Å²) in [5.41, 5.74) is 5.28. The number of carbonyl (C=O) groups is 1. The molecule has 3 rings (SSSR count). The lowest BCUT2D eigenvalue weighted by atomic mass is 9.91. The SMILES string of the molecule is C=C(C(=O)N(C)C(C)(C)C)C1=C(C)c2cc(-c3sccc3C)c(OC)cc2OC1. The summed E-state index contributed by atoms with van der Waals surface area (Å²) in [4.78, 5) is 15.9. The van der Waals surface area contributed by atoms with Crippen LogP contribution in [-0.2, 0) is 4.79 Å². The lowest BCUT2D eigenvalue weighted by Crippen LogP contribution is -2.43. The zero-order valence-electron chi connectivity index (χ0n) is 18.3. The first-order chi connectivity index (χ1) is 13.6. The van der Waals surface area contributed by atoms with Crippen molar-refractivity contribution in [2.45, 2.75) is 40.2 Å². The van der Waals surface area contributed by atoms with E-state index in [1.54, 1.807) is 23.3 Å². The molecule has 1 aliphatic rings. The molecular formula is C24H29NO3S. The molecule has 0 radical (unpaired) electrons. The van der Waals surface area contributed by atoms with Crippen molar-refractivity contribution >= 4 is 22.8 Å². The third kappa shape index (κ3) is 3.84. The Kier molecular flexibility index (Phi) is 5.63. The fourth-order valence-corrected chi connectivity index (χ4v) is 4.29. The van der Waals surface area contributed by atoms with Gasteiger partial charge in [0.2, 0.25) is 0 Å². The van der Waals surface area contributed by atoms with Gasteiger partial charge in [-0.1, -0.05) is 6.58 Å². The van der Waals surface area contributed by atoms with Crippen molar-refractivity contribution in [3.05, 3.63) is 52.4 Å². The third-order valence-corrected chi connectivity index (χ3v) is 6.62. The fraction of sp³-hybridized carbons (Fsp3) is 0.375. The number of methoxy groups -OCH3 is 1. The molecule has 0 saturated carbocycles. The minimum Gasteiger partial charge on any atom is -0.496 e. The summed E-state index contributed by atoms with van der Waals surface area (Å²) in [5.74, 6) is 1.47. The molecule has 0 fully saturated rings. The molecule has 1 aliphatic heterocycles. The van der Waals surface area contributed by atoms with Crippen molar-refractivity contribution < 1.29 is 14.3 Å². The van der Waals surface area contributed by atoms with Gasteiger partial charge >= 0.3 is 0 Å². The van der Waals surface area contributed by atoms with E-state index in [4.69, 9.17) is 9.47 Å². The molecule has 4 nitrogen and oxygen atoms in total. The van der Waals surface area contributed by atoms with Gasteiger partial charge in [-0.05, 0) is 63.3 Å². The van der Waals surface area contributed by atoms with Crippen LogP contribution >= 0.6 is 11.3 Å². The van der Waals surface area contributed by atoms with Crippen molar-refractivity contribution in [2.75, 3.05) is 20.8 Å². The van der Waals surface area contributed by atoms with E-state index in [-0.39, 0.29) is 11.4 Å². The summed E-state index contributed by atoms with van der Waals surface area (Å²) in [7, 11) is 3.48. The van der Waals surface area contributed by atoms with Gasteiger partial charge in [0, 0.05) is 45.8 Å². The maximum absolute atomic E-state index is 13.0. The topological polar surface area (TPSA) is 38.8 Å². The molecule has 29 heavy (non-hydrogen) atoms. The average Bonchev–Trinajstić information content (AvgIpc) is 3.10. The molecule has 1 aromatic carbocycles. The number of fused-ring (bicyclic) bond motifs is 1. The molecular weight excluding hydrogens is 382 g/mol. The summed E-state index contributed by atoms with van der Waals surface area (Å²) < 4.78 is 11.7. The minimum absolute atomic E-state index is 0.0817. The number of benzene rings is 1. The quantitative estimate of drug-likeness (QED) is 0.605. The van der Waals surface area contributed by atoms with Crippen LogP contribution in [0.4, 0.5) is 0 Å². The molecule has 0 aliphatic carbocycles. The fourth-order valence-electron chi connectivity index (χ4n) is 3.34. The van der Waals surface area contributed by atoms with Gasteiger partial charge in [-0.3, -0.25) is 4.79 Å². The van der Waals surface area contributed by atoms with Crippen molar-refractivity contribution in [1.82, 2.24) is 4.90 Å². The maximum Gasteiger partial charge on any atom is 0.253 e. The summed E-state index contributed by atoms with van der Waals surface area (Å²) in [6, 6.07) is 6.15. The number of nitrogens with zero attached hydrogens (tertiary/aromatic N) is 1. The number of thiophene rings is 1. The number of carbonyl (C=O) groups excluding carboxylic acids is 1. The first kappa shape index (κ1) is 21.2. The van der Waals surface area contributed by atoms with Gasteiger partial charge in [-0.25, -0.2) is 0 Å². The number of hydrogen-bond donors (Lipinski definition) is 0. The predicted molar refractivity (Wildman–Crippen MR) is 121 cm³/mol. The molecule has 154 valence electrons. The van der Waals surface area contributed by atoms with Crippen LogP contribution in [0.25, 0.3) is 16.0 Å². The van der Waals surface area contributed by atoms with E-state index in [0.29, 0.717) is 12.2 Å². The number of allylic oxidation sites excluding steroid dienone is 1. The highest BCUT2D eigenvalue weighted by Gasteiger charge is 2.29. The summed E-state index contributed by atoms with van der Waals surface area (Å²) in [5, 5.41) is 2.08. The second-order valence-corrected chi connectivity index (χ2v) is 9.30. The first-order valence-electron chi connectivity index (χ1n) is 9.63. The van der Waals surface area contributed by atoms with Crippen molar-refractivity contribution in [1.29, 1.82) is 0 Å². The largest absolute Gasteiger partial charge is 0.496 e. The van der Waals surface area contributed by atoms with Gasteiger partial charge in [-0.2, -0.15) is 0 Å². The van der Waals surface area contributed by atoms with Gasteiger partial charge in [0.15, 0.2) is 0 Å². The smallest absolute Gasteiger partial charge is 0.253 e. The predicted octanol–water partition coefficient (Wildman–Crippen LogP) is 5.71. The number of amides is 1. The Hall–Kier alpha value is -2.53. The highest BCUT2D eigenvalue weighted by Crippen LogP contribution is 2.44. The van der Waals surface area contributed by atoms with Crippen molar-refractivity contribution in [3.8, 4) is 21.9 Å². The zero-order valence-corrected chi connectivity index (χ0v) is 19.1. The Labute approximate surface area is 177 Å². The Morgan fingerprint density at radius 2 is 1.93 bits per heavy atom. The van der Waals surface area contributed by atoms with E-state index in [1.807, 2.05) is 40.8 Å². The summed E-state index contributed by atoms with van der Waals surface area (Å²) in [6.07, 6.45) is 0. The van der Waals surface area contributed by atoms with Gasteiger partial charge in [0.1, 0.15) is 18.1 Å². The van der Waals surface area contributed by atoms with E-state index in [2.05, 4.69) is 31.0 Å². The average molecular weight is 412 g/mol. The van der Waals surface area contributed by atoms with Crippen LogP contribution in [0.3, 0.4) is 0 Å². The zero-order chi connectivity index (χ0) is 21.5. The number of likely N-dealkylation sites (N-methyl/N-ethyl adjacent to an activating group) is 1. The Morgan fingerprint density at radius 1 is 1.24 bits per heavy atom. The first-order valence-corrected chi connectivity index (χ1v) is 10.5. The van der Waals surface area contributed by atoms with Crippen LogP contribution in [0, 0.1) is 6.92 Å². The molecule has 2 aromatic rings. The van der Waals surface area contributed by atoms with Gasteiger partial charge in [0.05, 0.1) is 7.11 Å². The van der Waals surface area contributed by atoms with E-state index in [9.17, 15) is 4.79 Å². The van der Waals surface area contributed by atoms with Crippen molar-refractivity contribution in [2.24, 2.45) is 0 Å². The normalized spacial score (nSPS) is 13.6. The number of ether oxygens (including phenoxy) is 2. The summed E-state index contributed by atoms with van der Waals surface area (Å²) >= 11 is 1.69. The lowest BCUT2D eigenvalue weighted by Gasteiger charge is -2.34. The number of rotatable bonds is 4. The molecule has 1 amide bonds. The molecule has 1 aromatic heterocycles. The Morgan fingerprint density at radius 3 is 2.48 bits per heavy atom. The number of hydrogen-bond acceptors (Lipinski definition) is 4. The highest BCUT2D eigenvalue weighted by molar-refractivity contribution is 7.13. The standard InChI is InChI=1S/C24H29NO3S/c1-14-9-10-29-22(14)18-11-17-15(2)19(13-28-21(17)12-20(18)27-8)16(3)23(26)25(7)24(4,5)6/h9-12H,3,13H2,1-2,4-8H3. The van der Waals surface area contributed by atoms with E-state index in [0.717, 1.165) is 33.8 Å². The Balaban J connectivity index is 2.08. The maximum atomic E-state index is 13.0. The van der Waals surface area contributed by atoms with Crippen LogP contribution in [0.2, 0.25) is 0 Å². The second-order valence-electron chi connectivity index (χ2n) is 8.39. The highest BCUT2D eigenvalue weighted by atomic mass is 32.1. The van der Waals surface area contributed by atoms with Gasteiger partial charge < -0.3 is 14.4 Å². The van der Waals surface area contributed by atoms with E-state index < -0.39 is 0 Å². The summed E-state index contributed by atoms with van der Waals surface area (Å²) in [6.45, 7) is 14.6. The van der Waals surface area contributed by atoms with Crippen LogP contribution < -0.4 is 9.47 Å². The van der Waals surface area contributed by atoms with Crippen LogP contribution in [0.1, 0.15) is 38.8 Å². The molecule has 0 N–H and O–H groups in total. The van der Waals surface area contributed by atoms with Gasteiger partial charge in [-0.15, -0.1) is 11.3 Å². The molecule has 0 spiro atoms. The molecule has 0 unspecified atom stereocenters. The lowest BCUT2D eigenvalue weighted by molar-refractivity contribution is -0.129. The second kappa shape index (κ2) is 7.71. The third-order valence-electron chi connectivity index (χ3n) is 5.57. The van der Waals surface area contributed by atoms with E-state index in [1.165, 1.54) is 10.4 Å². The molecule has 0 saturated heterocycles. The molecule has 2 heterocycles. The number of aryl methyl sites for hydroxylation is 1. The van der Waals surface area contributed by atoms with E-state index >= 15 is 0 Å².